The molecule has 2 aromatic rings. The third-order valence-electron chi connectivity index (χ3n) is 7.25. The van der Waals surface area contributed by atoms with E-state index in [0.717, 1.165) is 17.5 Å². The molecule has 0 fully saturated rings. The van der Waals surface area contributed by atoms with Crippen molar-refractivity contribution in [2.75, 3.05) is 13.1 Å². The summed E-state index contributed by atoms with van der Waals surface area (Å²) < 4.78 is 0. The molecule has 0 bridgehead atoms. The number of amides is 2. The van der Waals surface area contributed by atoms with Crippen molar-refractivity contribution < 1.29 is 14.4 Å². The van der Waals surface area contributed by atoms with Gasteiger partial charge in [0.25, 0.3) is 11.8 Å². The SMILES string of the molecule is CC1CC=C2C(=O)N(CCCNC3C=CC(C(=O)c4ccccc4)=CC3C)C(=O)c3cccc1c32. The molecule has 1 aliphatic heterocycles. The van der Waals surface area contributed by atoms with E-state index in [9.17, 15) is 14.4 Å². The zero-order chi connectivity index (χ0) is 24.5. The van der Waals surface area contributed by atoms with Crippen LogP contribution in [0, 0.1) is 5.92 Å². The largest absolute Gasteiger partial charge is 0.310 e. The van der Waals surface area contributed by atoms with Crippen LogP contribution in [0.5, 0.6) is 0 Å². The lowest BCUT2D eigenvalue weighted by Gasteiger charge is -2.33. The van der Waals surface area contributed by atoms with Crippen LogP contribution >= 0.6 is 0 Å². The topological polar surface area (TPSA) is 66.5 Å². The third kappa shape index (κ3) is 4.32. The van der Waals surface area contributed by atoms with E-state index >= 15 is 0 Å². The van der Waals surface area contributed by atoms with Crippen LogP contribution in [0.1, 0.15) is 64.4 Å². The van der Waals surface area contributed by atoms with E-state index in [-0.39, 0.29) is 29.6 Å². The lowest BCUT2D eigenvalue weighted by Crippen LogP contribution is -2.44. The number of benzene rings is 2. The van der Waals surface area contributed by atoms with Crippen LogP contribution < -0.4 is 5.32 Å². The normalized spacial score (nSPS) is 23.0. The molecule has 0 radical (unpaired) electrons. The van der Waals surface area contributed by atoms with Gasteiger partial charge in [-0.1, -0.05) is 80.6 Å². The standard InChI is InChI=1S/C30H30N2O3/c1-19-12-14-25-27-23(19)10-6-11-24(27)29(34)32(30(25)35)17-7-16-31-26-15-13-22(18-20(26)2)28(33)21-8-4-3-5-9-21/h3-6,8-11,13-15,18-20,26,31H,7,12,16-17H2,1-2H3. The number of Topliss-reactive ketones (excluding diaryl/α,β-unsaturated/α-hetero) is 1. The highest BCUT2D eigenvalue weighted by Crippen LogP contribution is 2.40. The number of ketones is 1. The van der Waals surface area contributed by atoms with Crippen molar-refractivity contribution in [1.29, 1.82) is 0 Å². The minimum absolute atomic E-state index is 0.0316. The predicted molar refractivity (Wildman–Crippen MR) is 137 cm³/mol. The van der Waals surface area contributed by atoms with Gasteiger partial charge in [0, 0.05) is 40.4 Å². The number of imide groups is 1. The molecule has 3 aliphatic rings. The van der Waals surface area contributed by atoms with Gasteiger partial charge in [0.05, 0.1) is 0 Å². The molecular formula is C30H30N2O3. The van der Waals surface area contributed by atoms with Gasteiger partial charge in [-0.15, -0.1) is 0 Å². The number of hydrogen-bond donors (Lipinski definition) is 1. The number of allylic oxidation sites excluding steroid dienone is 3. The first-order valence-electron chi connectivity index (χ1n) is 12.4. The van der Waals surface area contributed by atoms with Crippen molar-refractivity contribution >= 4 is 23.2 Å². The summed E-state index contributed by atoms with van der Waals surface area (Å²) >= 11 is 0. The Hall–Kier alpha value is -3.57. The van der Waals surface area contributed by atoms with Crippen molar-refractivity contribution in [2.45, 2.75) is 38.6 Å². The second-order valence-corrected chi connectivity index (χ2v) is 9.66. The second-order valence-electron chi connectivity index (χ2n) is 9.66. The maximum atomic E-state index is 13.2. The van der Waals surface area contributed by atoms with E-state index in [0.29, 0.717) is 47.7 Å². The number of hydrogen-bond acceptors (Lipinski definition) is 4. The van der Waals surface area contributed by atoms with Crippen LogP contribution in [0.4, 0.5) is 0 Å². The zero-order valence-electron chi connectivity index (χ0n) is 20.2. The maximum Gasteiger partial charge on any atom is 0.261 e. The molecule has 0 spiro atoms. The van der Waals surface area contributed by atoms with Crippen molar-refractivity contribution in [3.8, 4) is 0 Å². The summed E-state index contributed by atoms with van der Waals surface area (Å²) in [7, 11) is 0. The van der Waals surface area contributed by atoms with Crippen molar-refractivity contribution in [1.82, 2.24) is 10.2 Å². The van der Waals surface area contributed by atoms with Gasteiger partial charge >= 0.3 is 0 Å². The Morgan fingerprint density at radius 2 is 1.83 bits per heavy atom. The van der Waals surface area contributed by atoms with Crippen LogP contribution in [0.2, 0.25) is 0 Å². The third-order valence-corrected chi connectivity index (χ3v) is 7.25. The number of carbonyl (C=O) groups is 3. The van der Waals surface area contributed by atoms with E-state index < -0.39 is 0 Å². The summed E-state index contributed by atoms with van der Waals surface area (Å²) in [5.74, 6) is 0.119. The summed E-state index contributed by atoms with van der Waals surface area (Å²) in [6.45, 7) is 5.25. The van der Waals surface area contributed by atoms with Gasteiger partial charge < -0.3 is 5.32 Å². The van der Waals surface area contributed by atoms with E-state index in [1.54, 1.807) is 0 Å². The predicted octanol–water partition coefficient (Wildman–Crippen LogP) is 4.92. The first-order valence-corrected chi connectivity index (χ1v) is 12.4. The monoisotopic (exact) mass is 466 g/mol. The fourth-order valence-corrected chi connectivity index (χ4v) is 5.26. The number of rotatable bonds is 7. The first kappa shape index (κ1) is 23.2. The van der Waals surface area contributed by atoms with Gasteiger partial charge in [0.2, 0.25) is 0 Å². The molecule has 35 heavy (non-hydrogen) atoms. The zero-order valence-corrected chi connectivity index (χ0v) is 20.2. The molecule has 2 amide bonds. The molecule has 1 heterocycles. The van der Waals surface area contributed by atoms with Crippen molar-refractivity contribution in [2.24, 2.45) is 5.92 Å². The van der Waals surface area contributed by atoms with E-state index in [1.165, 1.54) is 4.90 Å². The number of carbonyl (C=O) groups excluding carboxylic acids is 3. The molecule has 3 atom stereocenters. The van der Waals surface area contributed by atoms with E-state index in [1.807, 2.05) is 72.8 Å². The number of nitrogens with one attached hydrogen (secondary N) is 1. The van der Waals surface area contributed by atoms with Gasteiger partial charge in [-0.25, -0.2) is 0 Å². The fraction of sp³-hybridized carbons (Fsp3) is 0.300. The van der Waals surface area contributed by atoms with Gasteiger partial charge in [-0.2, -0.15) is 0 Å². The molecular weight excluding hydrogens is 436 g/mol. The average Bonchev–Trinajstić information content (AvgIpc) is 2.88. The summed E-state index contributed by atoms with van der Waals surface area (Å²) in [6, 6.07) is 15.2. The first-order chi connectivity index (χ1) is 17.0. The molecule has 5 heteroatoms. The van der Waals surface area contributed by atoms with Gasteiger partial charge in [0.1, 0.15) is 0 Å². The van der Waals surface area contributed by atoms with Gasteiger partial charge in [-0.05, 0) is 42.9 Å². The maximum absolute atomic E-state index is 13.2. The average molecular weight is 467 g/mol. The molecule has 1 N–H and O–H groups in total. The molecule has 178 valence electrons. The minimum atomic E-state index is -0.198. The molecule has 5 rings (SSSR count). The Kier molecular flexibility index (Phi) is 6.35. The highest BCUT2D eigenvalue weighted by atomic mass is 16.2. The smallest absolute Gasteiger partial charge is 0.261 e. The lowest BCUT2D eigenvalue weighted by atomic mass is 9.79. The van der Waals surface area contributed by atoms with Crippen LogP contribution in [0.15, 0.2) is 78.4 Å². The molecule has 3 unspecified atom stereocenters. The van der Waals surface area contributed by atoms with Crippen LogP contribution in [0.25, 0.3) is 5.57 Å². The number of nitrogens with zero attached hydrogens (tertiary/aromatic N) is 1. The van der Waals surface area contributed by atoms with Crippen LogP contribution in [-0.2, 0) is 4.79 Å². The molecule has 0 aromatic heterocycles. The van der Waals surface area contributed by atoms with E-state index in [2.05, 4.69) is 19.2 Å². The Morgan fingerprint density at radius 1 is 1.03 bits per heavy atom. The van der Waals surface area contributed by atoms with Crippen LogP contribution in [0.3, 0.4) is 0 Å². The second kappa shape index (κ2) is 9.59. The Morgan fingerprint density at radius 3 is 2.60 bits per heavy atom. The molecule has 0 saturated heterocycles. The summed E-state index contributed by atoms with van der Waals surface area (Å²) in [5.41, 5.74) is 4.64. The minimum Gasteiger partial charge on any atom is -0.310 e. The Bertz CT molecular complexity index is 1270. The Balaban J connectivity index is 1.18. The highest BCUT2D eigenvalue weighted by Gasteiger charge is 2.38. The van der Waals surface area contributed by atoms with Crippen LogP contribution in [-0.4, -0.2) is 41.6 Å². The molecule has 2 aromatic carbocycles. The van der Waals surface area contributed by atoms with E-state index in [4.69, 9.17) is 0 Å². The van der Waals surface area contributed by atoms with Gasteiger partial charge in [-0.3, -0.25) is 19.3 Å². The van der Waals surface area contributed by atoms with Crippen molar-refractivity contribution in [3.63, 3.8) is 0 Å². The molecule has 2 aliphatic carbocycles. The quantitative estimate of drug-likeness (QED) is 0.357. The van der Waals surface area contributed by atoms with Crippen molar-refractivity contribution in [3.05, 3.63) is 101 Å². The highest BCUT2D eigenvalue weighted by molar-refractivity contribution is 6.31. The fourth-order valence-electron chi connectivity index (χ4n) is 5.26. The molecule has 0 saturated carbocycles. The summed E-state index contributed by atoms with van der Waals surface area (Å²) in [6.07, 6.45) is 9.39. The lowest BCUT2D eigenvalue weighted by molar-refractivity contribution is -0.123. The Labute approximate surface area is 206 Å². The molecule has 5 nitrogen and oxygen atoms in total. The summed E-state index contributed by atoms with van der Waals surface area (Å²) in [4.78, 5) is 40.4. The van der Waals surface area contributed by atoms with Gasteiger partial charge in [0.15, 0.2) is 5.78 Å². The summed E-state index contributed by atoms with van der Waals surface area (Å²) in [5, 5.41) is 3.50.